The SMILES string of the molecule is Cn1c(=O)cc(N2CCN(c3ccccc3)CC2)n(Cc2ccccc2)c1=O. The largest absolute Gasteiger partial charge is 0.368 e. The molecule has 1 aliphatic heterocycles. The number of anilines is 2. The van der Waals surface area contributed by atoms with Crippen molar-refractivity contribution in [3.05, 3.63) is 93.1 Å². The summed E-state index contributed by atoms with van der Waals surface area (Å²) in [7, 11) is 1.53. The number of benzene rings is 2. The first-order valence-corrected chi connectivity index (χ1v) is 9.53. The fourth-order valence-electron chi connectivity index (χ4n) is 3.67. The normalized spacial score (nSPS) is 14.3. The highest BCUT2D eigenvalue weighted by Crippen LogP contribution is 2.19. The van der Waals surface area contributed by atoms with E-state index in [1.54, 1.807) is 10.6 Å². The van der Waals surface area contributed by atoms with Crippen LogP contribution in [0, 0.1) is 0 Å². The molecule has 0 bridgehead atoms. The highest BCUT2D eigenvalue weighted by Gasteiger charge is 2.21. The summed E-state index contributed by atoms with van der Waals surface area (Å²) in [6.45, 7) is 3.66. The maximum atomic E-state index is 12.8. The van der Waals surface area contributed by atoms with Gasteiger partial charge in [-0.1, -0.05) is 48.5 Å². The molecule has 3 aromatic rings. The van der Waals surface area contributed by atoms with Crippen molar-refractivity contribution in [1.82, 2.24) is 9.13 Å². The van der Waals surface area contributed by atoms with E-state index in [1.165, 1.54) is 17.3 Å². The van der Waals surface area contributed by atoms with Crippen molar-refractivity contribution in [3.63, 3.8) is 0 Å². The minimum atomic E-state index is -0.281. The van der Waals surface area contributed by atoms with E-state index in [0.717, 1.165) is 31.7 Å². The zero-order chi connectivity index (χ0) is 19.5. The van der Waals surface area contributed by atoms with Crippen LogP contribution in [0.4, 0.5) is 11.5 Å². The van der Waals surface area contributed by atoms with Crippen molar-refractivity contribution < 1.29 is 0 Å². The van der Waals surface area contributed by atoms with Gasteiger partial charge in [0.05, 0.1) is 6.54 Å². The Bertz CT molecular complexity index is 1050. The minimum absolute atomic E-state index is 0.269. The highest BCUT2D eigenvalue weighted by molar-refractivity contribution is 5.49. The van der Waals surface area contributed by atoms with Crippen LogP contribution in [0.2, 0.25) is 0 Å². The molecule has 0 atom stereocenters. The van der Waals surface area contributed by atoms with Gasteiger partial charge in [0, 0.05) is 45.0 Å². The van der Waals surface area contributed by atoms with E-state index in [2.05, 4.69) is 21.9 Å². The summed E-state index contributed by atoms with van der Waals surface area (Å²) in [6, 6.07) is 21.8. The Balaban J connectivity index is 1.62. The summed E-state index contributed by atoms with van der Waals surface area (Å²) < 4.78 is 2.88. The van der Waals surface area contributed by atoms with Crippen molar-refractivity contribution in [3.8, 4) is 0 Å². The van der Waals surface area contributed by atoms with E-state index in [4.69, 9.17) is 0 Å². The molecule has 2 aromatic carbocycles. The molecule has 2 heterocycles. The number of hydrogen-bond donors (Lipinski definition) is 0. The van der Waals surface area contributed by atoms with Crippen LogP contribution in [0.15, 0.2) is 76.3 Å². The van der Waals surface area contributed by atoms with Crippen LogP contribution < -0.4 is 21.0 Å². The Labute approximate surface area is 163 Å². The van der Waals surface area contributed by atoms with Gasteiger partial charge in [-0.25, -0.2) is 4.79 Å². The molecule has 28 heavy (non-hydrogen) atoms. The van der Waals surface area contributed by atoms with Crippen LogP contribution in [0.5, 0.6) is 0 Å². The summed E-state index contributed by atoms with van der Waals surface area (Å²) >= 11 is 0. The van der Waals surface area contributed by atoms with Gasteiger partial charge in [-0.3, -0.25) is 13.9 Å². The van der Waals surface area contributed by atoms with Gasteiger partial charge in [-0.15, -0.1) is 0 Å². The Morgan fingerprint density at radius 1 is 0.786 bits per heavy atom. The summed E-state index contributed by atoms with van der Waals surface area (Å²) in [5.74, 6) is 0.699. The minimum Gasteiger partial charge on any atom is -0.368 e. The topological polar surface area (TPSA) is 50.5 Å². The lowest BCUT2D eigenvalue weighted by atomic mass is 10.2. The smallest absolute Gasteiger partial charge is 0.332 e. The van der Waals surface area contributed by atoms with Crippen molar-refractivity contribution in [1.29, 1.82) is 0 Å². The zero-order valence-corrected chi connectivity index (χ0v) is 16.0. The average Bonchev–Trinajstić information content (AvgIpc) is 2.75. The lowest BCUT2D eigenvalue weighted by Crippen LogP contribution is -2.49. The molecule has 0 radical (unpaired) electrons. The summed E-state index contributed by atoms with van der Waals surface area (Å²) in [5, 5.41) is 0. The van der Waals surface area contributed by atoms with Gasteiger partial charge in [0.25, 0.3) is 5.56 Å². The first-order chi connectivity index (χ1) is 13.6. The Kier molecular flexibility index (Phi) is 5.02. The number of rotatable bonds is 4. The van der Waals surface area contributed by atoms with Crippen LogP contribution in [0.3, 0.4) is 0 Å². The zero-order valence-electron chi connectivity index (χ0n) is 16.0. The van der Waals surface area contributed by atoms with Crippen molar-refractivity contribution >= 4 is 11.5 Å². The molecule has 0 saturated carbocycles. The molecular formula is C22H24N4O2. The van der Waals surface area contributed by atoms with Gasteiger partial charge in [-0.2, -0.15) is 0 Å². The number of para-hydroxylation sites is 1. The lowest BCUT2D eigenvalue weighted by Gasteiger charge is -2.38. The molecule has 0 unspecified atom stereocenters. The molecule has 4 rings (SSSR count). The molecular weight excluding hydrogens is 352 g/mol. The molecule has 1 aromatic heterocycles. The van der Waals surface area contributed by atoms with Crippen molar-refractivity contribution in [2.45, 2.75) is 6.54 Å². The average molecular weight is 376 g/mol. The number of hydrogen-bond acceptors (Lipinski definition) is 4. The van der Waals surface area contributed by atoms with E-state index < -0.39 is 0 Å². The maximum absolute atomic E-state index is 12.8. The quantitative estimate of drug-likeness (QED) is 0.698. The number of nitrogens with zero attached hydrogens (tertiary/aromatic N) is 4. The molecule has 1 aliphatic rings. The predicted octanol–water partition coefficient (Wildman–Crippen LogP) is 1.92. The number of piperazine rings is 1. The molecule has 0 amide bonds. The second-order valence-electron chi connectivity index (χ2n) is 7.06. The second-order valence-corrected chi connectivity index (χ2v) is 7.06. The lowest BCUT2D eigenvalue weighted by molar-refractivity contribution is 0.592. The fourth-order valence-corrected chi connectivity index (χ4v) is 3.67. The van der Waals surface area contributed by atoms with Gasteiger partial charge < -0.3 is 9.80 Å². The second kappa shape index (κ2) is 7.76. The maximum Gasteiger partial charge on any atom is 0.332 e. The van der Waals surface area contributed by atoms with E-state index in [0.29, 0.717) is 12.4 Å². The molecule has 144 valence electrons. The molecule has 1 saturated heterocycles. The van der Waals surface area contributed by atoms with Crippen molar-refractivity contribution in [2.24, 2.45) is 7.05 Å². The molecule has 0 spiro atoms. The Morgan fingerprint density at radius 2 is 1.36 bits per heavy atom. The van der Waals surface area contributed by atoms with Crippen LogP contribution in [-0.4, -0.2) is 35.3 Å². The molecule has 6 nitrogen and oxygen atoms in total. The monoisotopic (exact) mass is 376 g/mol. The Morgan fingerprint density at radius 3 is 2.00 bits per heavy atom. The van der Waals surface area contributed by atoms with Crippen LogP contribution in [0.1, 0.15) is 5.56 Å². The van der Waals surface area contributed by atoms with Crippen LogP contribution in [-0.2, 0) is 13.6 Å². The molecule has 1 fully saturated rings. The third-order valence-corrected chi connectivity index (χ3v) is 5.29. The summed E-state index contributed by atoms with van der Waals surface area (Å²) in [4.78, 5) is 29.6. The molecule has 6 heteroatoms. The fraction of sp³-hybridized carbons (Fsp3) is 0.273. The van der Waals surface area contributed by atoms with Gasteiger partial charge in [0.1, 0.15) is 5.82 Å². The van der Waals surface area contributed by atoms with Crippen LogP contribution >= 0.6 is 0 Å². The molecule has 0 aliphatic carbocycles. The van der Waals surface area contributed by atoms with E-state index in [-0.39, 0.29) is 11.2 Å². The predicted molar refractivity (Wildman–Crippen MR) is 112 cm³/mol. The standard InChI is InChI=1S/C22H24N4O2/c1-23-21(27)16-20(26(22(23)28)17-18-8-4-2-5-9-18)25-14-12-24(13-15-25)19-10-6-3-7-11-19/h2-11,16H,12-15,17H2,1H3. The molecule has 0 N–H and O–H groups in total. The van der Waals surface area contributed by atoms with Gasteiger partial charge >= 0.3 is 5.69 Å². The van der Waals surface area contributed by atoms with E-state index >= 15 is 0 Å². The highest BCUT2D eigenvalue weighted by atomic mass is 16.2. The third-order valence-electron chi connectivity index (χ3n) is 5.29. The van der Waals surface area contributed by atoms with Crippen LogP contribution in [0.25, 0.3) is 0 Å². The number of aromatic nitrogens is 2. The van der Waals surface area contributed by atoms with Gasteiger partial charge in [-0.05, 0) is 17.7 Å². The summed E-state index contributed by atoms with van der Waals surface area (Å²) in [5.41, 5.74) is 1.69. The first kappa shape index (κ1) is 18.1. The van der Waals surface area contributed by atoms with E-state index in [1.807, 2.05) is 48.5 Å². The Hall–Kier alpha value is -3.28. The third kappa shape index (κ3) is 3.58. The summed E-state index contributed by atoms with van der Waals surface area (Å²) in [6.07, 6.45) is 0. The van der Waals surface area contributed by atoms with Crippen molar-refractivity contribution in [2.75, 3.05) is 36.0 Å². The van der Waals surface area contributed by atoms with E-state index in [9.17, 15) is 9.59 Å². The van der Waals surface area contributed by atoms with Gasteiger partial charge in [0.2, 0.25) is 0 Å². The van der Waals surface area contributed by atoms with Gasteiger partial charge in [0.15, 0.2) is 0 Å². The first-order valence-electron chi connectivity index (χ1n) is 9.53.